The molecule has 0 aliphatic carbocycles. The van der Waals surface area contributed by atoms with Crippen molar-refractivity contribution in [2.45, 2.75) is 12.6 Å². The van der Waals surface area contributed by atoms with E-state index in [1.54, 1.807) is 6.20 Å². The highest BCUT2D eigenvalue weighted by Gasteiger charge is 2.23. The molecule has 1 unspecified atom stereocenters. The molecule has 108 valence electrons. The Morgan fingerprint density at radius 1 is 1.55 bits per heavy atom. The zero-order valence-electron chi connectivity index (χ0n) is 11.0. The molecule has 1 aromatic rings. The van der Waals surface area contributed by atoms with Crippen molar-refractivity contribution >= 4 is 23.4 Å². The van der Waals surface area contributed by atoms with Crippen LogP contribution in [0.1, 0.15) is 0 Å². The molecule has 1 atom stereocenters. The molecule has 3 amide bonds. The van der Waals surface area contributed by atoms with Crippen molar-refractivity contribution < 1.29 is 14.4 Å². The average molecular weight is 280 g/mol. The molecule has 0 aromatic carbocycles. The number of carbonyl (C=O) groups is 3. The minimum atomic E-state index is -0.477. The van der Waals surface area contributed by atoms with Crippen molar-refractivity contribution in [3.63, 3.8) is 0 Å². The number of hydrogen-bond donors (Lipinski definition) is 4. The lowest BCUT2D eigenvalue weighted by molar-refractivity contribution is -0.124. The van der Waals surface area contributed by atoms with Crippen LogP contribution in [0.4, 0.5) is 5.69 Å². The maximum atomic E-state index is 11.9. The molecule has 2 heterocycles. The molecule has 2 rings (SSSR count). The summed E-state index contributed by atoms with van der Waals surface area (Å²) in [7, 11) is 1.54. The predicted molar refractivity (Wildman–Crippen MR) is 69.7 cm³/mol. The maximum absolute atomic E-state index is 11.9. The van der Waals surface area contributed by atoms with Gasteiger partial charge in [0, 0.05) is 19.8 Å². The van der Waals surface area contributed by atoms with Gasteiger partial charge in [0.05, 0.1) is 18.4 Å². The van der Waals surface area contributed by atoms with Gasteiger partial charge in [-0.15, -0.1) is 0 Å². The number of hydrogen-bond acceptors (Lipinski definition) is 5. The molecule has 0 saturated carbocycles. The zero-order valence-corrected chi connectivity index (χ0v) is 11.0. The first-order valence-corrected chi connectivity index (χ1v) is 6.12. The fourth-order valence-electron chi connectivity index (χ4n) is 1.72. The summed E-state index contributed by atoms with van der Waals surface area (Å²) in [6.45, 7) is 0.454. The first kappa shape index (κ1) is 14.0. The number of nitrogens with zero attached hydrogens (tertiary/aromatic N) is 2. The van der Waals surface area contributed by atoms with Crippen LogP contribution in [0.5, 0.6) is 0 Å². The Morgan fingerprint density at radius 3 is 3.00 bits per heavy atom. The predicted octanol–water partition coefficient (Wildman–Crippen LogP) is -2.34. The summed E-state index contributed by atoms with van der Waals surface area (Å²) in [6.07, 6.45) is 3.02. The van der Waals surface area contributed by atoms with Crippen LogP contribution in [0, 0.1) is 0 Å². The Balaban J connectivity index is 1.88. The topological polar surface area (TPSA) is 117 Å². The largest absolute Gasteiger partial charge is 0.358 e. The summed E-state index contributed by atoms with van der Waals surface area (Å²) in [6, 6.07) is -0.477. The van der Waals surface area contributed by atoms with Crippen LogP contribution in [0.25, 0.3) is 0 Å². The number of carbonyl (C=O) groups excluding carboxylic acids is 3. The lowest BCUT2D eigenvalue weighted by atomic mass is 10.2. The van der Waals surface area contributed by atoms with Crippen LogP contribution in [-0.4, -0.2) is 53.7 Å². The van der Waals surface area contributed by atoms with Crippen LogP contribution in [0.2, 0.25) is 0 Å². The summed E-state index contributed by atoms with van der Waals surface area (Å²) in [4.78, 5) is 34.1. The van der Waals surface area contributed by atoms with Gasteiger partial charge < -0.3 is 16.0 Å². The first-order valence-electron chi connectivity index (χ1n) is 6.12. The fourth-order valence-corrected chi connectivity index (χ4v) is 1.72. The normalized spacial score (nSPS) is 18.2. The molecule has 1 aliphatic rings. The van der Waals surface area contributed by atoms with E-state index in [0.29, 0.717) is 5.69 Å². The summed E-state index contributed by atoms with van der Waals surface area (Å²) < 4.78 is 1.42. The van der Waals surface area contributed by atoms with E-state index in [1.165, 1.54) is 17.9 Å². The molecule has 9 nitrogen and oxygen atoms in total. The molecule has 1 saturated heterocycles. The summed E-state index contributed by atoms with van der Waals surface area (Å²) in [5.41, 5.74) is 0.498. The van der Waals surface area contributed by atoms with Crippen molar-refractivity contribution in [2.24, 2.45) is 0 Å². The van der Waals surface area contributed by atoms with Crippen LogP contribution in [-0.2, 0) is 20.9 Å². The number of anilines is 1. The zero-order chi connectivity index (χ0) is 14.5. The molecule has 9 heteroatoms. The van der Waals surface area contributed by atoms with Crippen LogP contribution in [0.3, 0.4) is 0 Å². The molecule has 0 radical (unpaired) electrons. The van der Waals surface area contributed by atoms with Crippen LogP contribution < -0.4 is 21.3 Å². The second kappa shape index (κ2) is 6.15. The van der Waals surface area contributed by atoms with E-state index in [4.69, 9.17) is 0 Å². The Hall–Kier alpha value is -2.42. The van der Waals surface area contributed by atoms with Gasteiger partial charge >= 0.3 is 0 Å². The highest BCUT2D eigenvalue weighted by atomic mass is 16.2. The quantitative estimate of drug-likeness (QED) is 0.493. The molecule has 20 heavy (non-hydrogen) atoms. The molecular weight excluding hydrogens is 264 g/mol. The van der Waals surface area contributed by atoms with E-state index in [2.05, 4.69) is 26.4 Å². The molecule has 4 N–H and O–H groups in total. The number of nitrogens with one attached hydrogen (secondary N) is 4. The van der Waals surface area contributed by atoms with E-state index >= 15 is 0 Å². The number of amides is 3. The standard InChI is InChI=1S/C11H16N6O3/c1-12-10(19)6-17-5-7(2-15-17)16-11(20)8-3-14-9(18)4-13-8/h2,5,8,13H,3-4,6H2,1H3,(H,12,19)(H,14,18)(H,16,20). The van der Waals surface area contributed by atoms with Gasteiger partial charge in [0.15, 0.2) is 0 Å². The maximum Gasteiger partial charge on any atom is 0.243 e. The highest BCUT2D eigenvalue weighted by Crippen LogP contribution is 2.05. The molecule has 0 spiro atoms. The monoisotopic (exact) mass is 280 g/mol. The van der Waals surface area contributed by atoms with Gasteiger partial charge in [-0.1, -0.05) is 0 Å². The van der Waals surface area contributed by atoms with Crippen molar-refractivity contribution in [1.82, 2.24) is 25.7 Å². The lowest BCUT2D eigenvalue weighted by Gasteiger charge is -2.22. The third-order valence-electron chi connectivity index (χ3n) is 2.81. The second-order valence-electron chi connectivity index (χ2n) is 4.33. The molecule has 1 aromatic heterocycles. The van der Waals surface area contributed by atoms with Gasteiger partial charge in [-0.25, -0.2) is 0 Å². The molecule has 1 fully saturated rings. The Morgan fingerprint density at radius 2 is 2.35 bits per heavy atom. The first-order chi connectivity index (χ1) is 9.58. The molecular formula is C11H16N6O3. The summed E-state index contributed by atoms with van der Waals surface area (Å²) in [5, 5.41) is 14.5. The van der Waals surface area contributed by atoms with Gasteiger partial charge in [0.1, 0.15) is 12.6 Å². The van der Waals surface area contributed by atoms with Crippen LogP contribution >= 0.6 is 0 Å². The number of likely N-dealkylation sites (N-methyl/N-ethyl adjacent to an activating group) is 1. The minimum absolute atomic E-state index is 0.0874. The molecule has 1 aliphatic heterocycles. The van der Waals surface area contributed by atoms with E-state index in [1.807, 2.05) is 0 Å². The fraction of sp³-hybridized carbons (Fsp3) is 0.455. The minimum Gasteiger partial charge on any atom is -0.358 e. The van der Waals surface area contributed by atoms with E-state index in [-0.39, 0.29) is 37.4 Å². The van der Waals surface area contributed by atoms with Gasteiger partial charge in [-0.3, -0.25) is 24.4 Å². The number of rotatable bonds is 4. The second-order valence-corrected chi connectivity index (χ2v) is 4.33. The van der Waals surface area contributed by atoms with Gasteiger partial charge in [-0.05, 0) is 0 Å². The third-order valence-corrected chi connectivity index (χ3v) is 2.81. The van der Waals surface area contributed by atoms with Gasteiger partial charge in [0.2, 0.25) is 17.7 Å². The van der Waals surface area contributed by atoms with Crippen LogP contribution in [0.15, 0.2) is 12.4 Å². The lowest BCUT2D eigenvalue weighted by Crippen LogP contribution is -2.56. The Labute approximate surface area is 115 Å². The van der Waals surface area contributed by atoms with Crippen molar-refractivity contribution in [3.05, 3.63) is 12.4 Å². The third kappa shape index (κ3) is 3.54. The molecule has 0 bridgehead atoms. The number of aromatic nitrogens is 2. The van der Waals surface area contributed by atoms with Crippen molar-refractivity contribution in [2.75, 3.05) is 25.5 Å². The van der Waals surface area contributed by atoms with E-state index in [0.717, 1.165) is 0 Å². The smallest absolute Gasteiger partial charge is 0.243 e. The van der Waals surface area contributed by atoms with E-state index < -0.39 is 6.04 Å². The SMILES string of the molecule is CNC(=O)Cn1cc(NC(=O)C2CNC(=O)CN2)cn1. The van der Waals surface area contributed by atoms with Gasteiger partial charge in [0.25, 0.3) is 0 Å². The number of piperazine rings is 1. The highest BCUT2D eigenvalue weighted by molar-refractivity contribution is 5.96. The Kier molecular flexibility index (Phi) is 4.31. The van der Waals surface area contributed by atoms with E-state index in [9.17, 15) is 14.4 Å². The summed E-state index contributed by atoms with van der Waals surface area (Å²) in [5.74, 6) is -0.570. The average Bonchev–Trinajstić information content (AvgIpc) is 2.86. The van der Waals surface area contributed by atoms with Gasteiger partial charge in [-0.2, -0.15) is 5.10 Å². The van der Waals surface area contributed by atoms with Crippen molar-refractivity contribution in [1.29, 1.82) is 0 Å². The summed E-state index contributed by atoms with van der Waals surface area (Å²) >= 11 is 0. The Bertz CT molecular complexity index is 516. The van der Waals surface area contributed by atoms with Crippen molar-refractivity contribution in [3.8, 4) is 0 Å².